The summed E-state index contributed by atoms with van der Waals surface area (Å²) in [5.74, 6) is 0.863. The second-order valence-corrected chi connectivity index (χ2v) is 7.63. The average Bonchev–Trinajstić information content (AvgIpc) is 2.77. The zero-order valence-corrected chi connectivity index (χ0v) is 18.4. The highest BCUT2D eigenvalue weighted by Gasteiger charge is 2.02. The van der Waals surface area contributed by atoms with E-state index in [1.807, 2.05) is 42.5 Å². The summed E-state index contributed by atoms with van der Waals surface area (Å²) in [5.41, 5.74) is 4.06. The summed E-state index contributed by atoms with van der Waals surface area (Å²) in [4.78, 5) is 27.4. The molecule has 3 aromatic rings. The van der Waals surface area contributed by atoms with Crippen LogP contribution in [0.5, 0.6) is 5.75 Å². The number of hydrogen-bond acceptors (Lipinski definition) is 4. The van der Waals surface area contributed by atoms with Crippen molar-refractivity contribution in [3.05, 3.63) is 95.2 Å². The van der Waals surface area contributed by atoms with Crippen LogP contribution in [0.1, 0.15) is 48.9 Å². The lowest BCUT2D eigenvalue weighted by molar-refractivity contribution is -0.128. The number of hydrogen-bond donors (Lipinski definition) is 1. The quantitative estimate of drug-likeness (QED) is 0.288. The van der Waals surface area contributed by atoms with Crippen molar-refractivity contribution in [3.8, 4) is 5.75 Å². The first-order valence-electron chi connectivity index (χ1n) is 10.4. The lowest BCUT2D eigenvalue weighted by atomic mass is 10.0. The number of rotatable bonds is 7. The molecule has 32 heavy (non-hydrogen) atoms. The third-order valence-corrected chi connectivity index (χ3v) is 4.67. The summed E-state index contributed by atoms with van der Waals surface area (Å²) in [6.07, 6.45) is 8.65. The van der Waals surface area contributed by atoms with Gasteiger partial charge in [0, 0.05) is 19.2 Å². The molecule has 0 saturated heterocycles. The van der Waals surface area contributed by atoms with E-state index in [-0.39, 0.29) is 5.91 Å². The lowest BCUT2D eigenvalue weighted by Crippen LogP contribution is -2.07. The molecule has 0 atom stereocenters. The fraction of sp³-hybridized carbons (Fsp3) is 0.148. The largest absolute Gasteiger partial charge is 0.423 e. The summed E-state index contributed by atoms with van der Waals surface area (Å²) in [6.45, 7) is 5.73. The van der Waals surface area contributed by atoms with Crippen LogP contribution < -0.4 is 10.1 Å². The first-order chi connectivity index (χ1) is 15.4. The van der Waals surface area contributed by atoms with Crippen LogP contribution in [-0.2, 0) is 9.59 Å². The van der Waals surface area contributed by atoms with E-state index in [1.54, 1.807) is 30.5 Å². The Labute approximate surface area is 188 Å². The molecule has 5 nitrogen and oxygen atoms in total. The number of aromatic nitrogens is 1. The highest BCUT2D eigenvalue weighted by atomic mass is 16.5. The van der Waals surface area contributed by atoms with Crippen LogP contribution >= 0.6 is 0 Å². The molecule has 0 aliphatic heterocycles. The first-order valence-corrected chi connectivity index (χ1v) is 10.4. The Morgan fingerprint density at radius 3 is 2.16 bits per heavy atom. The van der Waals surface area contributed by atoms with Gasteiger partial charge in [0.15, 0.2) is 0 Å². The molecule has 1 N–H and O–H groups in total. The van der Waals surface area contributed by atoms with E-state index in [4.69, 9.17) is 4.74 Å². The average molecular weight is 427 g/mol. The Bertz CT molecular complexity index is 1130. The van der Waals surface area contributed by atoms with Crippen molar-refractivity contribution in [2.75, 3.05) is 5.32 Å². The van der Waals surface area contributed by atoms with E-state index in [0.29, 0.717) is 17.5 Å². The number of pyridine rings is 1. The lowest BCUT2D eigenvalue weighted by Gasteiger charge is -2.05. The fourth-order valence-electron chi connectivity index (χ4n) is 2.95. The van der Waals surface area contributed by atoms with Crippen molar-refractivity contribution < 1.29 is 14.3 Å². The molecule has 0 spiro atoms. The topological polar surface area (TPSA) is 68.3 Å². The molecule has 0 aliphatic carbocycles. The highest BCUT2D eigenvalue weighted by molar-refractivity contribution is 5.89. The normalized spacial score (nSPS) is 11.2. The van der Waals surface area contributed by atoms with Gasteiger partial charge >= 0.3 is 5.97 Å². The molecule has 3 rings (SSSR count). The van der Waals surface area contributed by atoms with Crippen molar-refractivity contribution >= 4 is 35.9 Å². The highest BCUT2D eigenvalue weighted by Crippen LogP contribution is 2.17. The van der Waals surface area contributed by atoms with Gasteiger partial charge in [0.1, 0.15) is 11.6 Å². The molecule has 0 bridgehead atoms. The maximum Gasteiger partial charge on any atom is 0.336 e. The van der Waals surface area contributed by atoms with Gasteiger partial charge in [-0.3, -0.25) is 4.79 Å². The summed E-state index contributed by atoms with van der Waals surface area (Å²) in [6, 6.07) is 19.0. The minimum absolute atomic E-state index is 0.164. The SMILES string of the molecule is CC(=O)Nc1cc(/C=C/c2ccc(OC(=O)/C=C/c3ccc(C(C)C)cc3)cc2)ccn1. The van der Waals surface area contributed by atoms with Gasteiger partial charge in [0.2, 0.25) is 5.91 Å². The summed E-state index contributed by atoms with van der Waals surface area (Å²) in [7, 11) is 0. The molecular formula is C27H26N2O3. The smallest absolute Gasteiger partial charge is 0.336 e. The summed E-state index contributed by atoms with van der Waals surface area (Å²) >= 11 is 0. The van der Waals surface area contributed by atoms with E-state index >= 15 is 0 Å². The summed E-state index contributed by atoms with van der Waals surface area (Å²) < 4.78 is 5.37. The number of carbonyl (C=O) groups is 2. The number of ether oxygens (including phenoxy) is 1. The van der Waals surface area contributed by atoms with Gasteiger partial charge < -0.3 is 10.1 Å². The Kier molecular flexibility index (Phi) is 7.70. The third-order valence-electron chi connectivity index (χ3n) is 4.67. The van der Waals surface area contributed by atoms with Crippen molar-refractivity contribution in [2.24, 2.45) is 0 Å². The molecule has 1 aromatic heterocycles. The standard InChI is InChI=1S/C27H26N2O3/c1-19(2)24-11-6-22(7-12-24)10-15-27(31)32-25-13-8-21(9-14-25)4-5-23-16-17-28-26(18-23)29-20(3)30/h4-19H,1-3H3,(H,28,29,30)/b5-4+,15-10+. The molecule has 1 heterocycles. The molecule has 0 fully saturated rings. The minimum Gasteiger partial charge on any atom is -0.423 e. The number of amides is 1. The molecule has 1 amide bonds. The van der Waals surface area contributed by atoms with Gasteiger partial charge in [-0.2, -0.15) is 0 Å². The van der Waals surface area contributed by atoms with E-state index in [2.05, 4.69) is 36.3 Å². The predicted octanol–water partition coefficient (Wildman–Crippen LogP) is 5.95. The predicted molar refractivity (Wildman–Crippen MR) is 129 cm³/mol. The number of benzene rings is 2. The Morgan fingerprint density at radius 2 is 1.50 bits per heavy atom. The Hall–Kier alpha value is -3.99. The molecule has 0 unspecified atom stereocenters. The molecule has 162 valence electrons. The van der Waals surface area contributed by atoms with Crippen LogP contribution in [0.15, 0.2) is 72.9 Å². The van der Waals surface area contributed by atoms with Gasteiger partial charge in [-0.1, -0.05) is 62.4 Å². The van der Waals surface area contributed by atoms with Crippen LogP contribution in [-0.4, -0.2) is 16.9 Å². The zero-order chi connectivity index (χ0) is 22.9. The van der Waals surface area contributed by atoms with Gasteiger partial charge in [-0.25, -0.2) is 9.78 Å². The molecule has 0 radical (unpaired) electrons. The number of carbonyl (C=O) groups excluding carboxylic acids is 2. The van der Waals surface area contributed by atoms with Crippen LogP contribution in [0.3, 0.4) is 0 Å². The second-order valence-electron chi connectivity index (χ2n) is 7.63. The molecule has 5 heteroatoms. The van der Waals surface area contributed by atoms with Crippen LogP contribution in [0, 0.1) is 0 Å². The molecule has 0 aliphatic rings. The second kappa shape index (κ2) is 10.9. The summed E-state index contributed by atoms with van der Waals surface area (Å²) in [5, 5.41) is 2.66. The number of nitrogens with zero attached hydrogens (tertiary/aromatic N) is 1. The maximum atomic E-state index is 12.1. The van der Waals surface area contributed by atoms with E-state index in [9.17, 15) is 9.59 Å². The van der Waals surface area contributed by atoms with Crippen LogP contribution in [0.4, 0.5) is 5.82 Å². The van der Waals surface area contributed by atoms with Crippen molar-refractivity contribution in [1.29, 1.82) is 0 Å². The molecule has 2 aromatic carbocycles. The van der Waals surface area contributed by atoms with Crippen molar-refractivity contribution in [3.63, 3.8) is 0 Å². The van der Waals surface area contributed by atoms with Gasteiger partial charge in [-0.15, -0.1) is 0 Å². The Balaban J connectivity index is 1.56. The molecule has 0 saturated carbocycles. The van der Waals surface area contributed by atoms with Gasteiger partial charge in [0.05, 0.1) is 0 Å². The first kappa shape index (κ1) is 22.7. The fourth-order valence-corrected chi connectivity index (χ4v) is 2.95. The van der Waals surface area contributed by atoms with E-state index in [1.165, 1.54) is 18.6 Å². The Morgan fingerprint density at radius 1 is 0.875 bits per heavy atom. The number of esters is 1. The monoisotopic (exact) mass is 426 g/mol. The van der Waals surface area contributed by atoms with Crippen LogP contribution in [0.2, 0.25) is 0 Å². The third kappa shape index (κ3) is 7.06. The van der Waals surface area contributed by atoms with Crippen molar-refractivity contribution in [2.45, 2.75) is 26.7 Å². The zero-order valence-electron chi connectivity index (χ0n) is 18.4. The number of nitrogens with one attached hydrogen (secondary N) is 1. The van der Waals surface area contributed by atoms with E-state index < -0.39 is 5.97 Å². The van der Waals surface area contributed by atoms with Crippen molar-refractivity contribution in [1.82, 2.24) is 4.98 Å². The van der Waals surface area contributed by atoms with E-state index in [0.717, 1.165) is 16.7 Å². The maximum absolute atomic E-state index is 12.1. The molecular weight excluding hydrogens is 400 g/mol. The minimum atomic E-state index is -0.427. The van der Waals surface area contributed by atoms with Gasteiger partial charge in [-0.05, 0) is 58.5 Å². The van der Waals surface area contributed by atoms with Crippen LogP contribution in [0.25, 0.3) is 18.2 Å². The van der Waals surface area contributed by atoms with Gasteiger partial charge in [0.25, 0.3) is 0 Å². The number of anilines is 1.